The lowest BCUT2D eigenvalue weighted by Crippen LogP contribution is -2.34. The Morgan fingerprint density at radius 3 is 2.83 bits per heavy atom. The van der Waals surface area contributed by atoms with Crippen LogP contribution in [0.1, 0.15) is 43.9 Å². The molecule has 11 nitrogen and oxygen atoms in total. The number of alkyl halides is 3. The minimum Gasteiger partial charge on any atom is -0.383 e. The van der Waals surface area contributed by atoms with Gasteiger partial charge in [0.1, 0.15) is 28.4 Å². The number of nitrogens with one attached hydrogen (secondary N) is 1. The van der Waals surface area contributed by atoms with Crippen molar-refractivity contribution < 1.29 is 18.0 Å². The maximum atomic E-state index is 13.2. The van der Waals surface area contributed by atoms with Crippen LogP contribution < -0.4 is 21.8 Å². The van der Waals surface area contributed by atoms with E-state index in [4.69, 9.17) is 5.73 Å². The van der Waals surface area contributed by atoms with Crippen LogP contribution in [0.5, 0.6) is 0 Å². The number of rotatable bonds is 6. The molecule has 0 saturated heterocycles. The topological polar surface area (TPSA) is 142 Å². The average molecular weight is 500 g/mol. The van der Waals surface area contributed by atoms with E-state index in [0.717, 1.165) is 19.4 Å². The number of nitrogen functional groups attached to an aromatic ring is 1. The van der Waals surface area contributed by atoms with Gasteiger partial charge in [0, 0.05) is 24.5 Å². The predicted octanol–water partition coefficient (Wildman–Crippen LogP) is 0.938. The molecular formula is C22H23F3N10O. The zero-order chi connectivity index (χ0) is 25.2. The summed E-state index contributed by atoms with van der Waals surface area (Å²) in [5, 5.41) is 16.1. The molecule has 1 fully saturated rings. The van der Waals surface area contributed by atoms with Crippen molar-refractivity contribution in [3.63, 3.8) is 0 Å². The fourth-order valence-electron chi connectivity index (χ4n) is 4.69. The van der Waals surface area contributed by atoms with Gasteiger partial charge in [-0.15, -0.1) is 5.10 Å². The molecular weight excluding hydrogens is 477 g/mol. The zero-order valence-electron chi connectivity index (χ0n) is 19.4. The van der Waals surface area contributed by atoms with Gasteiger partial charge in [-0.1, -0.05) is 11.3 Å². The van der Waals surface area contributed by atoms with E-state index in [-0.39, 0.29) is 35.6 Å². The summed E-state index contributed by atoms with van der Waals surface area (Å²) in [5.74, 6) is 0.586. The van der Waals surface area contributed by atoms with Crippen LogP contribution in [-0.4, -0.2) is 53.4 Å². The van der Waals surface area contributed by atoms with Gasteiger partial charge < -0.3 is 11.1 Å². The van der Waals surface area contributed by atoms with Gasteiger partial charge in [-0.05, 0) is 32.1 Å². The van der Waals surface area contributed by atoms with Gasteiger partial charge >= 0.3 is 6.18 Å². The van der Waals surface area contributed by atoms with Crippen molar-refractivity contribution in [3.8, 4) is 11.5 Å². The molecule has 3 aliphatic rings. The Hall–Kier alpha value is -3.84. The summed E-state index contributed by atoms with van der Waals surface area (Å²) in [4.78, 5) is 26.5. The third-order valence-electron chi connectivity index (χ3n) is 6.84. The number of hydrogen-bond donors (Lipinski definition) is 2. The SMILES string of the molecule is CC1(c2cn(CC3CC3)nn2)C(=O)Nc2nc(-c3nn(CCC(F)(F)F)c4c3=CCCN=4)nc(N)c21. The molecule has 0 radical (unpaired) electrons. The lowest BCUT2D eigenvalue weighted by atomic mass is 9.81. The highest BCUT2D eigenvalue weighted by Crippen LogP contribution is 2.44. The minimum atomic E-state index is -4.33. The van der Waals surface area contributed by atoms with Crippen LogP contribution in [0.15, 0.2) is 11.2 Å². The van der Waals surface area contributed by atoms with Crippen LogP contribution >= 0.6 is 0 Å². The molecule has 0 bridgehead atoms. The number of aryl methyl sites for hydroxylation is 1. The molecule has 36 heavy (non-hydrogen) atoms. The van der Waals surface area contributed by atoms with E-state index in [1.54, 1.807) is 17.8 Å². The maximum Gasteiger partial charge on any atom is 0.390 e. The molecule has 188 valence electrons. The molecule has 1 saturated carbocycles. The molecule has 3 N–H and O–H groups in total. The first kappa shape index (κ1) is 22.6. The number of carbonyl (C=O) groups is 1. The third kappa shape index (κ3) is 3.71. The number of amides is 1. The van der Waals surface area contributed by atoms with Crippen LogP contribution in [0, 0.1) is 5.92 Å². The monoisotopic (exact) mass is 500 g/mol. The van der Waals surface area contributed by atoms with Gasteiger partial charge in [0.05, 0.1) is 18.5 Å². The molecule has 6 rings (SSSR count). The molecule has 2 aliphatic heterocycles. The molecule has 0 aromatic carbocycles. The summed E-state index contributed by atoms with van der Waals surface area (Å²) >= 11 is 0. The Balaban J connectivity index is 1.41. The number of hydrogen-bond acceptors (Lipinski definition) is 8. The van der Waals surface area contributed by atoms with Gasteiger partial charge in [0.2, 0.25) is 5.91 Å². The standard InChI is InChI=1S/C22H23F3N10O/c1-21(13-10-34(33-31-13)9-11-4-5-11)14-16(26)28-18(29-17(14)30-20(21)36)15-12-3-2-7-27-19(12)35(32-15)8-6-22(23,24)25/h3,10-11H,2,4-9H2,1H3,(H3,26,28,29,30,36). The van der Waals surface area contributed by atoms with Crippen LogP contribution in [0.3, 0.4) is 0 Å². The lowest BCUT2D eigenvalue weighted by molar-refractivity contribution is -0.137. The van der Waals surface area contributed by atoms with Crippen molar-refractivity contribution in [3.05, 3.63) is 28.2 Å². The van der Waals surface area contributed by atoms with E-state index in [2.05, 4.69) is 35.7 Å². The van der Waals surface area contributed by atoms with E-state index in [1.165, 1.54) is 4.68 Å². The molecule has 14 heteroatoms. The number of fused-ring (bicyclic) bond motifs is 2. The number of aromatic nitrogens is 7. The van der Waals surface area contributed by atoms with Gasteiger partial charge in [-0.3, -0.25) is 14.5 Å². The minimum absolute atomic E-state index is 0.0546. The van der Waals surface area contributed by atoms with Crippen molar-refractivity contribution in [2.24, 2.45) is 10.9 Å². The highest BCUT2D eigenvalue weighted by Gasteiger charge is 2.50. The Labute approximate surface area is 202 Å². The van der Waals surface area contributed by atoms with Crippen molar-refractivity contribution >= 4 is 23.6 Å². The summed E-state index contributed by atoms with van der Waals surface area (Å²) in [6.45, 7) is 2.51. The van der Waals surface area contributed by atoms with Crippen molar-refractivity contribution in [1.29, 1.82) is 0 Å². The first-order valence-electron chi connectivity index (χ1n) is 11.7. The number of anilines is 2. The molecule has 1 amide bonds. The molecule has 1 unspecified atom stereocenters. The summed E-state index contributed by atoms with van der Waals surface area (Å²) < 4.78 is 41.5. The maximum absolute atomic E-state index is 13.2. The van der Waals surface area contributed by atoms with Gasteiger partial charge in [-0.2, -0.15) is 18.3 Å². The predicted molar refractivity (Wildman–Crippen MR) is 121 cm³/mol. The van der Waals surface area contributed by atoms with Gasteiger partial charge in [-0.25, -0.2) is 14.6 Å². The van der Waals surface area contributed by atoms with Gasteiger partial charge in [0.15, 0.2) is 11.3 Å². The van der Waals surface area contributed by atoms with Crippen molar-refractivity contribution in [2.45, 2.75) is 57.3 Å². The fraction of sp³-hybridized carbons (Fsp3) is 0.500. The largest absolute Gasteiger partial charge is 0.390 e. The Morgan fingerprint density at radius 2 is 2.08 bits per heavy atom. The Kier molecular flexibility index (Phi) is 4.92. The van der Waals surface area contributed by atoms with Crippen molar-refractivity contribution in [2.75, 3.05) is 17.6 Å². The summed E-state index contributed by atoms with van der Waals surface area (Å²) in [5.41, 5.74) is 6.56. The summed E-state index contributed by atoms with van der Waals surface area (Å²) in [6.07, 6.45) is 1.13. The van der Waals surface area contributed by atoms with Gasteiger partial charge in [0.25, 0.3) is 0 Å². The van der Waals surface area contributed by atoms with Crippen LogP contribution in [-0.2, 0) is 23.3 Å². The van der Waals surface area contributed by atoms with E-state index in [1.807, 2.05) is 6.08 Å². The second kappa shape index (κ2) is 7.83. The highest BCUT2D eigenvalue weighted by molar-refractivity contribution is 6.08. The smallest absolute Gasteiger partial charge is 0.383 e. The molecule has 3 aromatic rings. The van der Waals surface area contributed by atoms with E-state index >= 15 is 0 Å². The highest BCUT2D eigenvalue weighted by atomic mass is 19.4. The second-order valence-electron chi connectivity index (χ2n) is 9.55. The summed E-state index contributed by atoms with van der Waals surface area (Å²) in [6, 6.07) is 0. The first-order chi connectivity index (χ1) is 17.1. The molecule has 1 aliphatic carbocycles. The number of halogens is 3. The van der Waals surface area contributed by atoms with E-state index in [9.17, 15) is 18.0 Å². The number of nitrogens with two attached hydrogens (primary N) is 1. The second-order valence-corrected chi connectivity index (χ2v) is 9.55. The van der Waals surface area contributed by atoms with Crippen molar-refractivity contribution in [1.82, 2.24) is 34.7 Å². The number of carbonyl (C=O) groups excluding carboxylic acids is 1. The first-order valence-corrected chi connectivity index (χ1v) is 11.7. The molecule has 0 spiro atoms. The molecule has 5 heterocycles. The van der Waals surface area contributed by atoms with E-state index in [0.29, 0.717) is 40.8 Å². The van der Waals surface area contributed by atoms with Crippen LogP contribution in [0.25, 0.3) is 17.6 Å². The zero-order valence-corrected chi connectivity index (χ0v) is 19.4. The van der Waals surface area contributed by atoms with Crippen LogP contribution in [0.2, 0.25) is 0 Å². The Morgan fingerprint density at radius 1 is 1.28 bits per heavy atom. The average Bonchev–Trinajstić information content (AvgIpc) is 3.26. The third-order valence-corrected chi connectivity index (χ3v) is 6.84. The normalized spacial score (nSPS) is 20.9. The quantitative estimate of drug-likeness (QED) is 0.513. The summed E-state index contributed by atoms with van der Waals surface area (Å²) in [7, 11) is 0. The number of nitrogens with zero attached hydrogens (tertiary/aromatic N) is 8. The van der Waals surface area contributed by atoms with E-state index < -0.39 is 18.0 Å². The van der Waals surface area contributed by atoms with Crippen LogP contribution in [0.4, 0.5) is 24.8 Å². The molecule has 3 aromatic heterocycles. The Bertz CT molecular complexity index is 1500. The lowest BCUT2D eigenvalue weighted by Gasteiger charge is -2.19. The fourth-order valence-corrected chi connectivity index (χ4v) is 4.69. The molecule has 1 atom stereocenters.